The van der Waals surface area contributed by atoms with Gasteiger partial charge in [0.25, 0.3) is 11.8 Å². The van der Waals surface area contributed by atoms with Gasteiger partial charge in [-0.25, -0.2) is 0 Å². The number of imidazole rings is 1. The molecule has 0 atom stereocenters. The molecule has 0 aliphatic carbocycles. The van der Waals surface area contributed by atoms with Crippen molar-refractivity contribution in [3.8, 4) is 0 Å². The highest BCUT2D eigenvalue weighted by atomic mass is 79.9. The Morgan fingerprint density at radius 3 is 1.42 bits per heavy atom. The van der Waals surface area contributed by atoms with E-state index in [2.05, 4.69) is 39.7 Å². The minimum Gasteiger partial charge on any atom is -0.337 e. The average molecular weight is 832 g/mol. The number of nitrogens with zero attached hydrogens (tertiary/aromatic N) is 1. The second kappa shape index (κ2) is 29.6. The molecule has 0 bridgehead atoms. The first-order valence-corrected chi connectivity index (χ1v) is 19.2. The summed E-state index contributed by atoms with van der Waals surface area (Å²) in [6.45, 7) is 22.1. The lowest BCUT2D eigenvalue weighted by atomic mass is 10.1. The molecule has 4 N–H and O–H groups in total. The van der Waals surface area contributed by atoms with Gasteiger partial charge in [0.15, 0.2) is 10.6 Å². The molecule has 1 aromatic carbocycles. The number of hydrogen-bond acceptors (Lipinski definition) is 8. The molecular formula is C39H64BrClN4O6S. The molecule has 296 valence electrons. The molecule has 0 saturated heterocycles. The number of nitrogens with one attached hydrogen (secondary N) is 2. The molecule has 10 nitrogen and oxygen atoms in total. The standard InChI is InChI=1S/C14H15NO3.C7H12N2S.C6H11BrO.C6H13NO.C6H12O.ClH/c1-9(2)7-10(16)8-15-13(17)11-5-3-4-6-12(11)14(15)18;1-5(2)3-6-4-8-7(10)9-6;2*1-5(2)3-6(8)4-7;1-5(2)4-6(3)7;/h3-6,9H,7-8H2,1-2H3;4-5H,3H2,1-2H3,(H2,8,9,10);5H,3-4H2,1-2H3;5H,3-4,7H2,1-2H3;5H,4H2,1-3H3;1H. The van der Waals surface area contributed by atoms with Crippen LogP contribution < -0.4 is 5.73 Å². The molecule has 0 fully saturated rings. The normalized spacial score (nSPS) is 11.4. The summed E-state index contributed by atoms with van der Waals surface area (Å²) in [5.41, 5.74) is 7.04. The Morgan fingerprint density at radius 1 is 0.731 bits per heavy atom. The van der Waals surface area contributed by atoms with Gasteiger partial charge in [0.1, 0.15) is 17.3 Å². The van der Waals surface area contributed by atoms with E-state index >= 15 is 0 Å². The number of halogens is 2. The number of benzene rings is 1. The smallest absolute Gasteiger partial charge is 0.261 e. The first-order valence-electron chi connectivity index (χ1n) is 17.7. The zero-order chi connectivity index (χ0) is 39.8. The maximum atomic E-state index is 12.0. The van der Waals surface area contributed by atoms with E-state index in [1.807, 2.05) is 61.6 Å². The van der Waals surface area contributed by atoms with Gasteiger partial charge in [-0.05, 0) is 67.3 Å². The van der Waals surface area contributed by atoms with Crippen molar-refractivity contribution in [1.82, 2.24) is 14.9 Å². The molecule has 13 heteroatoms. The quantitative estimate of drug-likeness (QED) is 0.0967. The Labute approximate surface area is 331 Å². The zero-order valence-electron chi connectivity index (χ0n) is 33.1. The Morgan fingerprint density at radius 2 is 1.15 bits per heavy atom. The number of H-pyrrole nitrogens is 2. The number of ketones is 4. The van der Waals surface area contributed by atoms with Crippen molar-refractivity contribution in [2.45, 2.75) is 108 Å². The second-order valence-electron chi connectivity index (χ2n) is 14.7. The summed E-state index contributed by atoms with van der Waals surface area (Å²) in [6.07, 6.45) is 5.42. The summed E-state index contributed by atoms with van der Waals surface area (Å²) in [4.78, 5) is 74.0. The number of Topliss-reactive ketones (excluding diaryl/α,β-unsaturated/α-hetero) is 4. The van der Waals surface area contributed by atoms with Crippen LogP contribution in [-0.4, -0.2) is 68.2 Å². The van der Waals surface area contributed by atoms with Gasteiger partial charge in [-0.3, -0.25) is 28.9 Å². The molecule has 3 rings (SSSR count). The number of carbonyl (C=O) groups excluding carboxylic acids is 6. The zero-order valence-corrected chi connectivity index (χ0v) is 36.3. The molecule has 0 radical (unpaired) electrons. The third-order valence-electron chi connectivity index (χ3n) is 6.47. The van der Waals surface area contributed by atoms with Gasteiger partial charge in [-0.1, -0.05) is 97.3 Å². The Bertz CT molecular complexity index is 1380. The number of imide groups is 1. The van der Waals surface area contributed by atoms with E-state index in [9.17, 15) is 28.8 Å². The van der Waals surface area contributed by atoms with E-state index < -0.39 is 0 Å². The van der Waals surface area contributed by atoms with Crippen LogP contribution in [0, 0.1) is 34.4 Å². The van der Waals surface area contributed by atoms with E-state index in [4.69, 9.17) is 18.0 Å². The van der Waals surface area contributed by atoms with Gasteiger partial charge in [0, 0.05) is 37.6 Å². The van der Waals surface area contributed by atoms with E-state index in [1.54, 1.807) is 31.2 Å². The van der Waals surface area contributed by atoms with Crippen molar-refractivity contribution in [3.63, 3.8) is 0 Å². The molecule has 0 unspecified atom stereocenters. The van der Waals surface area contributed by atoms with Crippen LogP contribution >= 0.6 is 40.6 Å². The summed E-state index contributed by atoms with van der Waals surface area (Å²) in [6, 6.07) is 6.65. The van der Waals surface area contributed by atoms with Crippen LogP contribution in [-0.2, 0) is 25.6 Å². The highest BCUT2D eigenvalue weighted by molar-refractivity contribution is 9.09. The molecule has 2 aromatic rings. The van der Waals surface area contributed by atoms with Gasteiger partial charge >= 0.3 is 0 Å². The molecule has 2 heterocycles. The lowest BCUT2D eigenvalue weighted by molar-refractivity contribution is -0.120. The number of alkyl halides is 1. The van der Waals surface area contributed by atoms with Crippen molar-refractivity contribution < 1.29 is 28.8 Å². The van der Waals surface area contributed by atoms with Crippen molar-refractivity contribution in [2.75, 3.05) is 18.4 Å². The van der Waals surface area contributed by atoms with E-state index in [0.29, 0.717) is 65.2 Å². The predicted molar refractivity (Wildman–Crippen MR) is 220 cm³/mol. The van der Waals surface area contributed by atoms with E-state index in [-0.39, 0.29) is 60.6 Å². The second-order valence-corrected chi connectivity index (χ2v) is 15.6. The predicted octanol–water partition coefficient (Wildman–Crippen LogP) is 8.77. The van der Waals surface area contributed by atoms with Crippen molar-refractivity contribution in [1.29, 1.82) is 0 Å². The first-order chi connectivity index (χ1) is 23.6. The molecule has 1 aliphatic rings. The highest BCUT2D eigenvalue weighted by Crippen LogP contribution is 2.22. The fourth-order valence-electron chi connectivity index (χ4n) is 4.62. The molecule has 1 aromatic heterocycles. The number of amides is 2. The van der Waals surface area contributed by atoms with Gasteiger partial charge in [-0.15, -0.1) is 12.4 Å². The van der Waals surface area contributed by atoms with Crippen LogP contribution in [0.5, 0.6) is 0 Å². The molecule has 0 spiro atoms. The summed E-state index contributed by atoms with van der Waals surface area (Å²) < 4.78 is 0.718. The third-order valence-corrected chi connectivity index (χ3v) is 7.32. The third kappa shape index (κ3) is 26.9. The summed E-state index contributed by atoms with van der Waals surface area (Å²) in [7, 11) is 0. The number of fused-ring (bicyclic) bond motifs is 1. The molecule has 1 aliphatic heterocycles. The Hall–Kier alpha value is -2.80. The topological polar surface area (TPSA) is 163 Å². The number of aromatic nitrogens is 2. The number of hydrogen-bond donors (Lipinski definition) is 3. The van der Waals surface area contributed by atoms with Crippen molar-refractivity contribution in [2.24, 2.45) is 35.3 Å². The minimum atomic E-state index is -0.368. The Kier molecular flexibility index (Phi) is 30.5. The van der Waals surface area contributed by atoms with Crippen LogP contribution in [0.1, 0.15) is 128 Å². The fraction of sp³-hybridized carbons (Fsp3) is 0.615. The number of rotatable bonds is 14. The van der Waals surface area contributed by atoms with Crippen LogP contribution in [0.15, 0.2) is 30.5 Å². The van der Waals surface area contributed by atoms with E-state index in [0.717, 1.165) is 22.5 Å². The summed E-state index contributed by atoms with van der Waals surface area (Å²) in [5.74, 6) is 2.30. The lowest BCUT2D eigenvalue weighted by Crippen LogP contribution is -2.35. The van der Waals surface area contributed by atoms with Gasteiger partial charge in [0.05, 0.1) is 29.5 Å². The largest absolute Gasteiger partial charge is 0.337 e. The minimum absolute atomic E-state index is 0. The van der Waals surface area contributed by atoms with Crippen LogP contribution in [0.4, 0.5) is 0 Å². The molecule has 0 saturated carbocycles. The maximum absolute atomic E-state index is 12.0. The van der Waals surface area contributed by atoms with E-state index in [1.165, 1.54) is 5.69 Å². The lowest BCUT2D eigenvalue weighted by Gasteiger charge is -2.13. The summed E-state index contributed by atoms with van der Waals surface area (Å²) >= 11 is 7.97. The van der Waals surface area contributed by atoms with Crippen LogP contribution in [0.2, 0.25) is 0 Å². The average Bonchev–Trinajstić information content (AvgIpc) is 3.51. The van der Waals surface area contributed by atoms with Crippen molar-refractivity contribution >= 4 is 75.5 Å². The number of carbonyl (C=O) groups is 6. The molecular weight excluding hydrogens is 768 g/mol. The van der Waals surface area contributed by atoms with Crippen LogP contribution in [0.25, 0.3) is 0 Å². The van der Waals surface area contributed by atoms with Gasteiger partial charge in [0.2, 0.25) is 0 Å². The van der Waals surface area contributed by atoms with Crippen LogP contribution in [0.3, 0.4) is 0 Å². The molecule has 52 heavy (non-hydrogen) atoms. The SMILES string of the molecule is CC(=O)CC(C)C.CC(C)CC(=O)CBr.CC(C)CC(=O)CN.CC(C)CC(=O)CN1C(=O)c2ccccc2C1=O.CC(C)Cc1c[nH]c(=S)[nH]1.Cl. The highest BCUT2D eigenvalue weighted by Gasteiger charge is 2.36. The van der Waals surface area contributed by atoms with Gasteiger partial charge < -0.3 is 20.5 Å². The van der Waals surface area contributed by atoms with Crippen molar-refractivity contribution in [3.05, 3.63) is 52.1 Å². The first kappa shape index (κ1) is 53.6. The fourth-order valence-corrected chi connectivity index (χ4v) is 5.04. The Balaban J connectivity index is -0.000000612. The number of nitrogens with two attached hydrogens (primary N) is 1. The van der Waals surface area contributed by atoms with Gasteiger partial charge in [-0.2, -0.15) is 0 Å². The monoisotopic (exact) mass is 830 g/mol. The molecule has 2 amide bonds. The number of aromatic amines is 2. The maximum Gasteiger partial charge on any atom is 0.261 e. The summed E-state index contributed by atoms with van der Waals surface area (Å²) in [5, 5.41) is 0.505.